The lowest BCUT2D eigenvalue weighted by molar-refractivity contribution is -0.113. The lowest BCUT2D eigenvalue weighted by Gasteiger charge is -2.13. The molecule has 0 unspecified atom stereocenters. The van der Waals surface area contributed by atoms with Crippen molar-refractivity contribution in [2.45, 2.75) is 13.8 Å². The fraction of sp³-hybridized carbons (Fsp3) is 0.0870. The van der Waals surface area contributed by atoms with Crippen molar-refractivity contribution in [1.82, 2.24) is 9.78 Å². The summed E-state index contributed by atoms with van der Waals surface area (Å²) in [6.45, 7) is 7.12. The Kier molecular flexibility index (Phi) is 4.93. The van der Waals surface area contributed by atoms with Gasteiger partial charge in [0.15, 0.2) is 0 Å². The number of aromatic nitrogens is 2. The van der Waals surface area contributed by atoms with Gasteiger partial charge in [-0.1, -0.05) is 49.0 Å². The van der Waals surface area contributed by atoms with Gasteiger partial charge in [-0.3, -0.25) is 9.59 Å². The summed E-state index contributed by atoms with van der Waals surface area (Å²) >= 11 is 0. The average molecular weight is 397 g/mol. The van der Waals surface area contributed by atoms with Gasteiger partial charge in [-0.15, -0.1) is 0 Å². The first-order chi connectivity index (χ1) is 14.4. The minimum Gasteiger partial charge on any atom is -0.306 e. The Bertz CT molecular complexity index is 1220. The molecule has 7 heteroatoms. The molecule has 2 heterocycles. The Labute approximate surface area is 173 Å². The summed E-state index contributed by atoms with van der Waals surface area (Å²) in [6.07, 6.45) is 0. The van der Waals surface area contributed by atoms with Gasteiger partial charge >= 0.3 is 0 Å². The molecule has 0 radical (unpaired) electrons. The molecular weight excluding hydrogens is 378 g/mol. The number of anilines is 1. The summed E-state index contributed by atoms with van der Waals surface area (Å²) in [6, 6.07) is 18.9. The number of hydrogen-bond acceptors (Lipinski definition) is 4. The standard InChI is InChI=1S/C23H19N5O2/c1-14-13-20(28(27-14)23-24-16(3)15(2)21(29)26-23)25-22(30)19-11-9-18(10-12-19)17-7-5-4-6-8-17/h4-13H,2H2,1,3H3,(H,25,30). The molecule has 3 aromatic rings. The fourth-order valence-electron chi connectivity index (χ4n) is 3.02. The van der Waals surface area contributed by atoms with Gasteiger partial charge in [0, 0.05) is 11.6 Å². The minimum atomic E-state index is -0.473. The number of amides is 2. The molecule has 0 spiro atoms. The smallest absolute Gasteiger partial charge is 0.281 e. The molecule has 30 heavy (non-hydrogen) atoms. The third-order valence-electron chi connectivity index (χ3n) is 4.68. The Morgan fingerprint density at radius 3 is 2.30 bits per heavy atom. The quantitative estimate of drug-likeness (QED) is 0.681. The van der Waals surface area contributed by atoms with Gasteiger partial charge in [-0.05, 0) is 37.1 Å². The van der Waals surface area contributed by atoms with Gasteiger partial charge in [0.25, 0.3) is 17.8 Å². The number of nitrogens with zero attached hydrogens (tertiary/aromatic N) is 4. The third kappa shape index (κ3) is 3.73. The highest BCUT2D eigenvalue weighted by atomic mass is 16.2. The molecule has 148 valence electrons. The van der Waals surface area contributed by atoms with Crippen LogP contribution in [0, 0.1) is 6.92 Å². The van der Waals surface area contributed by atoms with Crippen molar-refractivity contribution in [1.29, 1.82) is 0 Å². The van der Waals surface area contributed by atoms with Crippen molar-refractivity contribution in [2.24, 2.45) is 9.98 Å². The molecule has 1 N–H and O–H groups in total. The van der Waals surface area contributed by atoms with E-state index in [4.69, 9.17) is 0 Å². The normalized spacial score (nSPS) is 13.7. The summed E-state index contributed by atoms with van der Waals surface area (Å²) < 4.78 is 1.35. The Hall–Kier alpha value is -4.13. The van der Waals surface area contributed by atoms with Crippen LogP contribution in [0.1, 0.15) is 23.0 Å². The largest absolute Gasteiger partial charge is 0.306 e. The molecule has 2 amide bonds. The van der Waals surface area contributed by atoms with Crippen LogP contribution in [0.5, 0.6) is 0 Å². The second-order valence-corrected chi connectivity index (χ2v) is 6.87. The van der Waals surface area contributed by atoms with E-state index in [0.717, 1.165) is 11.1 Å². The third-order valence-corrected chi connectivity index (χ3v) is 4.68. The number of benzene rings is 2. The van der Waals surface area contributed by atoms with Crippen molar-refractivity contribution in [3.63, 3.8) is 0 Å². The molecule has 1 aromatic heterocycles. The summed E-state index contributed by atoms with van der Waals surface area (Å²) in [5.74, 6) is -0.309. The van der Waals surface area contributed by atoms with E-state index >= 15 is 0 Å². The number of carbonyl (C=O) groups excluding carboxylic acids is 2. The SMILES string of the molecule is C=C1C(=O)N=C(n2nc(C)cc2NC(=O)c2ccc(-c3ccccc3)cc2)N=C1C. The number of aryl methyl sites for hydroxylation is 1. The molecule has 0 saturated heterocycles. The number of carbonyl (C=O) groups is 2. The molecular formula is C23H19N5O2. The first-order valence-electron chi connectivity index (χ1n) is 9.34. The van der Waals surface area contributed by atoms with E-state index in [1.807, 2.05) is 42.5 Å². The topological polar surface area (TPSA) is 88.7 Å². The highest BCUT2D eigenvalue weighted by Gasteiger charge is 2.21. The van der Waals surface area contributed by atoms with Crippen LogP contribution in [0.15, 0.2) is 82.8 Å². The lowest BCUT2D eigenvalue weighted by atomic mass is 10.0. The Morgan fingerprint density at radius 1 is 0.967 bits per heavy atom. The van der Waals surface area contributed by atoms with Crippen molar-refractivity contribution >= 4 is 29.3 Å². The molecule has 0 atom stereocenters. The molecule has 4 rings (SSSR count). The van der Waals surface area contributed by atoms with E-state index in [0.29, 0.717) is 22.8 Å². The van der Waals surface area contributed by atoms with Crippen molar-refractivity contribution in [3.8, 4) is 11.1 Å². The monoisotopic (exact) mass is 397 g/mol. The van der Waals surface area contributed by atoms with E-state index in [2.05, 4.69) is 27.0 Å². The molecule has 1 aliphatic heterocycles. The van der Waals surface area contributed by atoms with Gasteiger partial charge in [0.1, 0.15) is 5.82 Å². The van der Waals surface area contributed by atoms with E-state index in [-0.39, 0.29) is 17.4 Å². The zero-order chi connectivity index (χ0) is 21.3. The second-order valence-electron chi connectivity index (χ2n) is 6.87. The van der Waals surface area contributed by atoms with Crippen molar-refractivity contribution < 1.29 is 9.59 Å². The number of hydrogen-bond donors (Lipinski definition) is 1. The summed E-state index contributed by atoms with van der Waals surface area (Å²) in [5.41, 5.74) is 3.95. The number of rotatable bonds is 3. The molecule has 0 aliphatic carbocycles. The fourth-order valence-corrected chi connectivity index (χ4v) is 3.02. The van der Waals surface area contributed by atoms with Crippen LogP contribution < -0.4 is 5.32 Å². The van der Waals surface area contributed by atoms with Crippen LogP contribution in [0.4, 0.5) is 5.82 Å². The van der Waals surface area contributed by atoms with E-state index in [1.165, 1.54) is 4.68 Å². The van der Waals surface area contributed by atoms with Gasteiger partial charge in [0.2, 0.25) is 0 Å². The van der Waals surface area contributed by atoms with Crippen LogP contribution in [0.3, 0.4) is 0 Å². The van der Waals surface area contributed by atoms with Crippen LogP contribution in [-0.2, 0) is 4.79 Å². The minimum absolute atomic E-state index is 0.0905. The van der Waals surface area contributed by atoms with Crippen LogP contribution in [0.25, 0.3) is 11.1 Å². The average Bonchev–Trinajstić information content (AvgIpc) is 3.12. The van der Waals surface area contributed by atoms with E-state index in [1.54, 1.807) is 32.0 Å². The molecule has 1 aliphatic rings. The maximum atomic E-state index is 12.8. The molecule has 0 saturated carbocycles. The molecule has 0 fully saturated rings. The molecule has 2 aromatic carbocycles. The number of nitrogens with one attached hydrogen (secondary N) is 1. The van der Waals surface area contributed by atoms with Crippen LogP contribution in [-0.4, -0.2) is 33.3 Å². The van der Waals surface area contributed by atoms with E-state index in [9.17, 15) is 9.59 Å². The predicted octanol–water partition coefficient (Wildman–Crippen LogP) is 3.87. The van der Waals surface area contributed by atoms with Gasteiger partial charge < -0.3 is 5.32 Å². The van der Waals surface area contributed by atoms with E-state index < -0.39 is 5.91 Å². The van der Waals surface area contributed by atoms with Gasteiger partial charge in [-0.25, -0.2) is 4.99 Å². The maximum Gasteiger partial charge on any atom is 0.281 e. The van der Waals surface area contributed by atoms with Crippen molar-refractivity contribution in [2.75, 3.05) is 5.32 Å². The molecule has 7 nitrogen and oxygen atoms in total. The predicted molar refractivity (Wildman–Crippen MR) is 117 cm³/mol. The molecule has 0 bridgehead atoms. The van der Waals surface area contributed by atoms with Crippen LogP contribution in [0.2, 0.25) is 0 Å². The lowest BCUT2D eigenvalue weighted by Crippen LogP contribution is -2.25. The highest BCUT2D eigenvalue weighted by molar-refractivity contribution is 6.28. The second kappa shape index (κ2) is 7.71. The van der Waals surface area contributed by atoms with Gasteiger partial charge in [0.05, 0.1) is 17.0 Å². The summed E-state index contributed by atoms with van der Waals surface area (Å²) in [5, 5.41) is 7.13. The zero-order valence-corrected chi connectivity index (χ0v) is 16.6. The first-order valence-corrected chi connectivity index (χ1v) is 9.34. The first kappa shape index (κ1) is 19.2. The highest BCUT2D eigenvalue weighted by Crippen LogP contribution is 2.20. The maximum absolute atomic E-state index is 12.8. The van der Waals surface area contributed by atoms with Crippen molar-refractivity contribution in [3.05, 3.63) is 84.1 Å². The summed E-state index contributed by atoms with van der Waals surface area (Å²) in [7, 11) is 0. The zero-order valence-electron chi connectivity index (χ0n) is 16.6. The Balaban J connectivity index is 1.58. The van der Waals surface area contributed by atoms with Gasteiger partial charge in [-0.2, -0.15) is 14.8 Å². The summed E-state index contributed by atoms with van der Waals surface area (Å²) in [4.78, 5) is 33.0. The van der Waals surface area contributed by atoms with Crippen LogP contribution >= 0.6 is 0 Å². The number of aliphatic imine (C=N–C) groups is 2. The Morgan fingerprint density at radius 2 is 1.63 bits per heavy atom.